The largest absolute Gasteiger partial charge is 0.373 e. The highest BCUT2D eigenvalue weighted by Crippen LogP contribution is 2.22. The first-order valence-corrected chi connectivity index (χ1v) is 11.2. The van der Waals surface area contributed by atoms with Crippen LogP contribution in [-0.2, 0) is 21.3 Å². The van der Waals surface area contributed by atoms with Crippen LogP contribution in [0.3, 0.4) is 0 Å². The van der Waals surface area contributed by atoms with Crippen LogP contribution in [0, 0.1) is 6.92 Å². The van der Waals surface area contributed by atoms with Crippen molar-refractivity contribution in [1.82, 2.24) is 9.21 Å². The van der Waals surface area contributed by atoms with Gasteiger partial charge in [0.05, 0.1) is 17.1 Å². The highest BCUT2D eigenvalue weighted by atomic mass is 32.2. The van der Waals surface area contributed by atoms with Crippen molar-refractivity contribution in [1.29, 1.82) is 0 Å². The molecule has 1 aliphatic rings. The molecular weight excluding hydrogens is 388 g/mol. The minimum absolute atomic E-state index is 0.147. The van der Waals surface area contributed by atoms with Gasteiger partial charge in [-0.25, -0.2) is 8.42 Å². The van der Waals surface area contributed by atoms with E-state index in [9.17, 15) is 13.2 Å². The number of rotatable bonds is 5. The topological polar surface area (TPSA) is 66.9 Å². The molecule has 2 atom stereocenters. The molecule has 1 heterocycles. The van der Waals surface area contributed by atoms with Crippen LogP contribution in [0.15, 0.2) is 53.4 Å². The molecule has 0 N–H and O–H groups in total. The van der Waals surface area contributed by atoms with Gasteiger partial charge in [-0.3, -0.25) is 4.79 Å². The third-order valence-corrected chi connectivity index (χ3v) is 6.99. The molecule has 6 nitrogen and oxygen atoms in total. The molecule has 0 spiro atoms. The van der Waals surface area contributed by atoms with Crippen LogP contribution in [0.5, 0.6) is 0 Å². The molecule has 2 aromatic rings. The monoisotopic (exact) mass is 416 g/mol. The summed E-state index contributed by atoms with van der Waals surface area (Å²) in [5.41, 5.74) is 2.67. The molecule has 1 saturated heterocycles. The van der Waals surface area contributed by atoms with Crippen molar-refractivity contribution in [3.05, 3.63) is 65.2 Å². The molecule has 1 aliphatic heterocycles. The first-order valence-electron chi connectivity index (χ1n) is 9.74. The summed E-state index contributed by atoms with van der Waals surface area (Å²) in [5, 5.41) is 0. The Kier molecular flexibility index (Phi) is 6.41. The van der Waals surface area contributed by atoms with Crippen molar-refractivity contribution in [2.75, 3.05) is 20.1 Å². The number of hydrogen-bond donors (Lipinski definition) is 0. The Labute approximate surface area is 173 Å². The van der Waals surface area contributed by atoms with Gasteiger partial charge in [-0.15, -0.1) is 0 Å². The van der Waals surface area contributed by atoms with E-state index in [1.807, 2.05) is 45.0 Å². The van der Waals surface area contributed by atoms with Crippen LogP contribution in [-0.4, -0.2) is 55.9 Å². The summed E-state index contributed by atoms with van der Waals surface area (Å²) in [7, 11) is -1.87. The quantitative estimate of drug-likeness (QED) is 0.751. The lowest BCUT2D eigenvalue weighted by Gasteiger charge is -2.34. The number of benzene rings is 2. The summed E-state index contributed by atoms with van der Waals surface area (Å²) >= 11 is 0. The average molecular weight is 417 g/mol. The van der Waals surface area contributed by atoms with Gasteiger partial charge in [0.2, 0.25) is 10.0 Å². The number of hydrogen-bond acceptors (Lipinski definition) is 4. The lowest BCUT2D eigenvalue weighted by molar-refractivity contribution is -0.0440. The maximum Gasteiger partial charge on any atom is 0.253 e. The first-order chi connectivity index (χ1) is 13.7. The fraction of sp³-hybridized carbons (Fsp3) is 0.409. The van der Waals surface area contributed by atoms with E-state index in [0.29, 0.717) is 25.2 Å². The number of sulfonamides is 1. The summed E-state index contributed by atoms with van der Waals surface area (Å²) in [4.78, 5) is 14.6. The molecule has 7 heteroatoms. The van der Waals surface area contributed by atoms with Crippen LogP contribution in [0.2, 0.25) is 0 Å². The molecule has 1 fully saturated rings. The zero-order valence-electron chi connectivity index (χ0n) is 17.3. The Balaban J connectivity index is 1.73. The maximum absolute atomic E-state index is 12.9. The van der Waals surface area contributed by atoms with Gasteiger partial charge in [0.15, 0.2) is 0 Å². The summed E-state index contributed by atoms with van der Waals surface area (Å²) in [6, 6.07) is 14.1. The molecule has 0 radical (unpaired) electrons. The Hall–Kier alpha value is -2.22. The van der Waals surface area contributed by atoms with Crippen LogP contribution in [0.4, 0.5) is 0 Å². The SMILES string of the molecule is Cc1ccccc1CN(C)C(=O)c1ccc(S(=O)(=O)N2CC(C)OC(C)C2)cc1. The predicted molar refractivity (Wildman–Crippen MR) is 112 cm³/mol. The van der Waals surface area contributed by atoms with Crippen molar-refractivity contribution in [2.24, 2.45) is 0 Å². The summed E-state index contributed by atoms with van der Waals surface area (Å²) < 4.78 is 33.0. The van der Waals surface area contributed by atoms with Gasteiger partial charge in [-0.2, -0.15) is 4.31 Å². The number of carbonyl (C=O) groups is 1. The van der Waals surface area contributed by atoms with E-state index < -0.39 is 10.0 Å². The van der Waals surface area contributed by atoms with Gasteiger partial charge in [0.1, 0.15) is 0 Å². The Morgan fingerprint density at radius 3 is 2.24 bits per heavy atom. The maximum atomic E-state index is 12.9. The number of aryl methyl sites for hydroxylation is 1. The number of morpholine rings is 1. The molecule has 0 bridgehead atoms. The summed E-state index contributed by atoms with van der Waals surface area (Å²) in [6.07, 6.45) is -0.297. The van der Waals surface area contributed by atoms with E-state index in [1.54, 1.807) is 24.1 Å². The number of nitrogens with zero attached hydrogens (tertiary/aromatic N) is 2. The van der Waals surface area contributed by atoms with Crippen molar-refractivity contribution in [2.45, 2.75) is 44.4 Å². The number of carbonyl (C=O) groups excluding carboxylic acids is 1. The fourth-order valence-electron chi connectivity index (χ4n) is 3.58. The number of amides is 1. The van der Waals surface area contributed by atoms with Gasteiger partial charge in [-0.05, 0) is 56.2 Å². The van der Waals surface area contributed by atoms with Crippen molar-refractivity contribution < 1.29 is 17.9 Å². The van der Waals surface area contributed by atoms with E-state index in [-0.39, 0.29) is 23.0 Å². The normalized spacial score (nSPS) is 20.4. The van der Waals surface area contributed by atoms with E-state index in [4.69, 9.17) is 4.74 Å². The van der Waals surface area contributed by atoms with Gasteiger partial charge in [-0.1, -0.05) is 24.3 Å². The molecule has 0 saturated carbocycles. The van der Waals surface area contributed by atoms with E-state index in [2.05, 4.69) is 0 Å². The lowest BCUT2D eigenvalue weighted by atomic mass is 10.1. The average Bonchev–Trinajstić information content (AvgIpc) is 2.68. The van der Waals surface area contributed by atoms with Crippen molar-refractivity contribution in [3.63, 3.8) is 0 Å². The van der Waals surface area contributed by atoms with Gasteiger partial charge in [0.25, 0.3) is 5.91 Å². The van der Waals surface area contributed by atoms with Crippen LogP contribution < -0.4 is 0 Å². The smallest absolute Gasteiger partial charge is 0.253 e. The van der Waals surface area contributed by atoms with Crippen molar-refractivity contribution in [3.8, 4) is 0 Å². The molecule has 29 heavy (non-hydrogen) atoms. The summed E-state index contributed by atoms with van der Waals surface area (Å²) in [5.74, 6) is -0.147. The van der Waals surface area contributed by atoms with E-state index in [0.717, 1.165) is 11.1 Å². The molecule has 2 aromatic carbocycles. The second-order valence-corrected chi connectivity index (χ2v) is 9.63. The summed E-state index contributed by atoms with van der Waals surface area (Å²) in [6.45, 7) is 6.89. The minimum atomic E-state index is -3.62. The zero-order valence-corrected chi connectivity index (χ0v) is 18.1. The van der Waals surface area contributed by atoms with Crippen LogP contribution in [0.1, 0.15) is 35.3 Å². The van der Waals surface area contributed by atoms with Crippen molar-refractivity contribution >= 4 is 15.9 Å². The first kappa shape index (κ1) is 21.5. The van der Waals surface area contributed by atoms with E-state index in [1.165, 1.54) is 16.4 Å². The Bertz CT molecular complexity index is 963. The van der Waals surface area contributed by atoms with Crippen LogP contribution in [0.25, 0.3) is 0 Å². The van der Waals surface area contributed by atoms with Crippen LogP contribution >= 0.6 is 0 Å². The predicted octanol–water partition coefficient (Wildman–Crippen LogP) is 3.07. The van der Waals surface area contributed by atoms with Gasteiger partial charge < -0.3 is 9.64 Å². The Morgan fingerprint density at radius 1 is 1.07 bits per heavy atom. The molecule has 0 aliphatic carbocycles. The molecule has 156 valence electrons. The lowest BCUT2D eigenvalue weighted by Crippen LogP contribution is -2.48. The fourth-order valence-corrected chi connectivity index (χ4v) is 5.17. The second-order valence-electron chi connectivity index (χ2n) is 7.69. The molecule has 0 aromatic heterocycles. The molecular formula is C22H28N2O4S. The van der Waals surface area contributed by atoms with Gasteiger partial charge >= 0.3 is 0 Å². The minimum Gasteiger partial charge on any atom is -0.373 e. The molecule has 2 unspecified atom stereocenters. The second kappa shape index (κ2) is 8.65. The highest BCUT2D eigenvalue weighted by molar-refractivity contribution is 7.89. The zero-order chi connectivity index (χ0) is 21.2. The van der Waals surface area contributed by atoms with Gasteiger partial charge in [0, 0.05) is 32.2 Å². The third kappa shape index (κ3) is 4.86. The van der Waals surface area contributed by atoms with E-state index >= 15 is 0 Å². The molecule has 1 amide bonds. The third-order valence-electron chi connectivity index (χ3n) is 5.14. The number of ether oxygens (including phenoxy) is 1. The Morgan fingerprint density at radius 2 is 1.66 bits per heavy atom. The highest BCUT2D eigenvalue weighted by Gasteiger charge is 2.32. The standard InChI is InChI=1S/C22H28N2O4S/c1-16-7-5-6-8-20(16)15-23(4)22(25)19-9-11-21(12-10-19)29(26,27)24-13-17(2)28-18(3)14-24/h5-12,17-18H,13-15H2,1-4H3. The molecule has 3 rings (SSSR count).